The second kappa shape index (κ2) is 7.07. The van der Waals surface area contributed by atoms with Gasteiger partial charge in [-0.3, -0.25) is 9.48 Å². The molecule has 2 rings (SSSR count). The monoisotopic (exact) mass is 293 g/mol. The quantitative estimate of drug-likeness (QED) is 0.877. The summed E-state index contributed by atoms with van der Waals surface area (Å²) in [6.07, 6.45) is 4.98. The van der Waals surface area contributed by atoms with Gasteiger partial charge in [0.1, 0.15) is 5.69 Å². The Kier molecular flexibility index (Phi) is 5.39. The predicted molar refractivity (Wildman–Crippen MR) is 82.3 cm³/mol. The number of hydrogen-bond acceptors (Lipinski definition) is 3. The molecular weight excluding hydrogens is 266 g/mol. The van der Waals surface area contributed by atoms with Crippen LogP contribution in [-0.2, 0) is 0 Å². The highest BCUT2D eigenvalue weighted by Crippen LogP contribution is 2.21. The lowest BCUT2D eigenvalue weighted by atomic mass is 9.93. The van der Waals surface area contributed by atoms with E-state index in [-0.39, 0.29) is 24.1 Å². The molecule has 1 saturated carbocycles. The van der Waals surface area contributed by atoms with E-state index in [2.05, 4.69) is 24.3 Å². The summed E-state index contributed by atoms with van der Waals surface area (Å²) in [4.78, 5) is 12.5. The van der Waals surface area contributed by atoms with Gasteiger partial charge in [-0.1, -0.05) is 13.8 Å². The molecular formula is C16H27N3O2. The summed E-state index contributed by atoms with van der Waals surface area (Å²) in [6.45, 7) is 6.16. The number of aliphatic hydroxyl groups excluding tert-OH is 1. The van der Waals surface area contributed by atoms with Crippen LogP contribution >= 0.6 is 0 Å². The Morgan fingerprint density at radius 3 is 2.57 bits per heavy atom. The molecule has 1 amide bonds. The van der Waals surface area contributed by atoms with Crippen molar-refractivity contribution in [2.24, 2.45) is 0 Å². The number of hydrogen-bond donors (Lipinski definition) is 2. The van der Waals surface area contributed by atoms with Gasteiger partial charge in [-0.2, -0.15) is 5.10 Å². The van der Waals surface area contributed by atoms with Gasteiger partial charge in [0.05, 0.1) is 17.8 Å². The minimum Gasteiger partial charge on any atom is -0.393 e. The van der Waals surface area contributed by atoms with E-state index in [0.717, 1.165) is 44.2 Å². The van der Waals surface area contributed by atoms with E-state index in [9.17, 15) is 9.90 Å². The fourth-order valence-electron chi connectivity index (χ4n) is 3.08. The number of rotatable bonds is 5. The molecule has 1 aromatic rings. The number of carbonyl (C=O) groups excluding carboxylic acids is 1. The molecule has 1 aliphatic rings. The van der Waals surface area contributed by atoms with Crippen molar-refractivity contribution in [3.8, 4) is 0 Å². The first-order chi connectivity index (χ1) is 10.0. The summed E-state index contributed by atoms with van der Waals surface area (Å²) in [7, 11) is 0. The number of carbonyl (C=O) groups is 1. The summed E-state index contributed by atoms with van der Waals surface area (Å²) in [5.74, 6) is -0.0381. The molecule has 0 spiro atoms. The topological polar surface area (TPSA) is 67.2 Å². The van der Waals surface area contributed by atoms with E-state index < -0.39 is 0 Å². The number of nitrogens with zero attached hydrogens (tertiary/aromatic N) is 2. The number of aromatic nitrogens is 2. The first kappa shape index (κ1) is 16.0. The average molecular weight is 293 g/mol. The lowest BCUT2D eigenvalue weighted by Crippen LogP contribution is -2.39. The predicted octanol–water partition coefficient (Wildman–Crippen LogP) is 2.59. The highest BCUT2D eigenvalue weighted by molar-refractivity contribution is 5.93. The summed E-state index contributed by atoms with van der Waals surface area (Å²) < 4.78 is 1.88. The first-order valence-corrected chi connectivity index (χ1v) is 8.10. The van der Waals surface area contributed by atoms with Crippen LogP contribution in [0.5, 0.6) is 0 Å². The molecule has 0 aliphatic heterocycles. The van der Waals surface area contributed by atoms with Crippen LogP contribution < -0.4 is 5.32 Å². The molecule has 2 N–H and O–H groups in total. The SMILES string of the molecule is CCC(CC)n1nc(C)cc1C(=O)NC1CCC(O)CC1. The Morgan fingerprint density at radius 1 is 1.38 bits per heavy atom. The largest absolute Gasteiger partial charge is 0.393 e. The summed E-state index contributed by atoms with van der Waals surface area (Å²) in [6, 6.07) is 2.31. The minimum atomic E-state index is -0.199. The molecule has 0 radical (unpaired) electrons. The standard InChI is InChI=1S/C16H27N3O2/c1-4-13(5-2)19-15(10-11(3)18-19)16(21)17-12-6-8-14(20)9-7-12/h10,12-14,20H,4-9H2,1-3H3,(H,17,21). The molecule has 0 aromatic carbocycles. The Labute approximate surface area is 126 Å². The first-order valence-electron chi connectivity index (χ1n) is 8.10. The Hall–Kier alpha value is -1.36. The maximum absolute atomic E-state index is 12.5. The lowest BCUT2D eigenvalue weighted by Gasteiger charge is -2.26. The molecule has 0 atom stereocenters. The second-order valence-electron chi connectivity index (χ2n) is 6.06. The van der Waals surface area contributed by atoms with Crippen LogP contribution in [0.3, 0.4) is 0 Å². The highest BCUT2D eigenvalue weighted by Gasteiger charge is 2.24. The molecule has 0 bridgehead atoms. The van der Waals surface area contributed by atoms with Crippen molar-refractivity contribution < 1.29 is 9.90 Å². The van der Waals surface area contributed by atoms with Crippen LogP contribution in [0.2, 0.25) is 0 Å². The molecule has 21 heavy (non-hydrogen) atoms. The Morgan fingerprint density at radius 2 is 2.00 bits per heavy atom. The zero-order valence-electron chi connectivity index (χ0n) is 13.3. The molecule has 0 saturated heterocycles. The van der Waals surface area contributed by atoms with E-state index in [0.29, 0.717) is 5.69 Å². The molecule has 1 heterocycles. The van der Waals surface area contributed by atoms with E-state index in [1.165, 1.54) is 0 Å². The smallest absolute Gasteiger partial charge is 0.269 e. The summed E-state index contributed by atoms with van der Waals surface area (Å²) in [5, 5.41) is 17.1. The third-order valence-electron chi connectivity index (χ3n) is 4.41. The molecule has 1 aromatic heterocycles. The van der Waals surface area contributed by atoms with Gasteiger partial charge < -0.3 is 10.4 Å². The van der Waals surface area contributed by atoms with E-state index in [1.54, 1.807) is 0 Å². The molecule has 1 fully saturated rings. The fourth-order valence-corrected chi connectivity index (χ4v) is 3.08. The number of amides is 1. The lowest BCUT2D eigenvalue weighted by molar-refractivity contribution is 0.0855. The van der Waals surface area contributed by atoms with Crippen molar-refractivity contribution in [1.82, 2.24) is 15.1 Å². The molecule has 0 unspecified atom stereocenters. The van der Waals surface area contributed by atoms with E-state index in [4.69, 9.17) is 0 Å². The maximum Gasteiger partial charge on any atom is 0.269 e. The number of nitrogens with one attached hydrogen (secondary N) is 1. The number of aliphatic hydroxyl groups is 1. The summed E-state index contributed by atoms with van der Waals surface area (Å²) >= 11 is 0. The average Bonchev–Trinajstić information content (AvgIpc) is 2.85. The van der Waals surface area contributed by atoms with Crippen LogP contribution in [0.4, 0.5) is 0 Å². The van der Waals surface area contributed by atoms with Crippen LogP contribution in [-0.4, -0.2) is 32.9 Å². The van der Waals surface area contributed by atoms with Crippen LogP contribution in [0, 0.1) is 6.92 Å². The Bertz CT molecular complexity index is 472. The van der Waals surface area contributed by atoms with E-state index in [1.807, 2.05) is 17.7 Å². The third-order valence-corrected chi connectivity index (χ3v) is 4.41. The molecule has 5 nitrogen and oxygen atoms in total. The van der Waals surface area contributed by atoms with Crippen LogP contribution in [0.1, 0.15) is 74.6 Å². The summed E-state index contributed by atoms with van der Waals surface area (Å²) in [5.41, 5.74) is 1.54. The van der Waals surface area contributed by atoms with Crippen molar-refractivity contribution in [3.05, 3.63) is 17.5 Å². The maximum atomic E-state index is 12.5. The minimum absolute atomic E-state index is 0.0381. The van der Waals surface area contributed by atoms with Gasteiger partial charge in [-0.25, -0.2) is 0 Å². The normalized spacial score (nSPS) is 22.5. The van der Waals surface area contributed by atoms with Crippen LogP contribution in [0.15, 0.2) is 6.07 Å². The molecule has 5 heteroatoms. The van der Waals surface area contributed by atoms with Gasteiger partial charge in [0.15, 0.2) is 0 Å². The van der Waals surface area contributed by atoms with Crippen molar-refractivity contribution in [3.63, 3.8) is 0 Å². The van der Waals surface area contributed by atoms with Crippen molar-refractivity contribution >= 4 is 5.91 Å². The van der Waals surface area contributed by atoms with Gasteiger partial charge in [-0.15, -0.1) is 0 Å². The zero-order valence-corrected chi connectivity index (χ0v) is 13.3. The fraction of sp³-hybridized carbons (Fsp3) is 0.750. The van der Waals surface area contributed by atoms with Gasteiger partial charge in [0, 0.05) is 6.04 Å². The van der Waals surface area contributed by atoms with Gasteiger partial charge in [0.25, 0.3) is 5.91 Å². The molecule has 1 aliphatic carbocycles. The second-order valence-corrected chi connectivity index (χ2v) is 6.06. The van der Waals surface area contributed by atoms with Crippen LogP contribution in [0.25, 0.3) is 0 Å². The van der Waals surface area contributed by atoms with Crippen molar-refractivity contribution in [1.29, 1.82) is 0 Å². The Balaban J connectivity index is 2.08. The van der Waals surface area contributed by atoms with Gasteiger partial charge >= 0.3 is 0 Å². The highest BCUT2D eigenvalue weighted by atomic mass is 16.3. The van der Waals surface area contributed by atoms with Crippen molar-refractivity contribution in [2.75, 3.05) is 0 Å². The number of aryl methyl sites for hydroxylation is 1. The molecule has 118 valence electrons. The van der Waals surface area contributed by atoms with Gasteiger partial charge in [-0.05, 0) is 51.5 Å². The third kappa shape index (κ3) is 3.84. The van der Waals surface area contributed by atoms with Crippen molar-refractivity contribution in [2.45, 2.75) is 77.5 Å². The zero-order chi connectivity index (χ0) is 15.4. The van der Waals surface area contributed by atoms with Gasteiger partial charge in [0.2, 0.25) is 0 Å². The van der Waals surface area contributed by atoms with E-state index >= 15 is 0 Å².